The van der Waals surface area contributed by atoms with E-state index in [4.69, 9.17) is 0 Å². The van der Waals surface area contributed by atoms with E-state index in [0.29, 0.717) is 11.6 Å². The molecular formula is C33H22N6O2. The van der Waals surface area contributed by atoms with Gasteiger partial charge in [0.05, 0.1) is 39.5 Å². The molecule has 2 heterocycles. The number of benzene rings is 4. The van der Waals surface area contributed by atoms with E-state index in [2.05, 4.69) is 26.6 Å². The van der Waals surface area contributed by atoms with E-state index >= 15 is 0 Å². The number of nitrogens with one attached hydrogen (secondary N) is 2. The van der Waals surface area contributed by atoms with E-state index in [1.807, 2.05) is 72.8 Å². The minimum absolute atomic E-state index is 0.282. The Bertz CT molecular complexity index is 1900. The Kier molecular flexibility index (Phi) is 4.82. The number of hydrogen-bond acceptors (Lipinski definition) is 6. The first-order valence-corrected chi connectivity index (χ1v) is 13.4. The number of fused-ring (bicyclic) bond motifs is 1. The van der Waals surface area contributed by atoms with Crippen LogP contribution in [0.4, 0.5) is 11.6 Å². The molecule has 0 saturated carbocycles. The number of imidazole rings is 1. The number of hydrazone groups is 1. The third kappa shape index (κ3) is 3.03. The highest BCUT2D eigenvalue weighted by Crippen LogP contribution is 2.63. The Hall–Kier alpha value is -5.55. The Morgan fingerprint density at radius 3 is 2.27 bits per heavy atom. The Labute approximate surface area is 235 Å². The maximum absolute atomic E-state index is 14.5. The molecule has 2 N–H and O–H groups in total. The lowest BCUT2D eigenvalue weighted by atomic mass is 9.47. The van der Waals surface area contributed by atoms with Crippen LogP contribution in [0.3, 0.4) is 0 Å². The first-order chi connectivity index (χ1) is 20.1. The third-order valence-electron chi connectivity index (χ3n) is 8.78. The molecule has 1 aliphatic heterocycles. The van der Waals surface area contributed by atoms with Crippen LogP contribution in [0.5, 0.6) is 0 Å². The van der Waals surface area contributed by atoms with Crippen molar-refractivity contribution < 1.29 is 9.59 Å². The normalized spacial score (nSPS) is 23.9. The van der Waals surface area contributed by atoms with Gasteiger partial charge in [-0.2, -0.15) is 10.4 Å². The molecule has 2 bridgehead atoms. The molecule has 8 nitrogen and oxygen atoms in total. The molecule has 196 valence electrons. The molecule has 2 atom stereocenters. The summed E-state index contributed by atoms with van der Waals surface area (Å²) in [6.45, 7) is 0. The van der Waals surface area contributed by atoms with Crippen molar-refractivity contribution in [1.82, 2.24) is 9.97 Å². The van der Waals surface area contributed by atoms with Gasteiger partial charge in [0.2, 0.25) is 17.8 Å². The Balaban J connectivity index is 1.33. The van der Waals surface area contributed by atoms with Gasteiger partial charge in [-0.15, -0.1) is 0 Å². The van der Waals surface area contributed by atoms with E-state index in [1.165, 1.54) is 4.90 Å². The number of aromatic amines is 1. The van der Waals surface area contributed by atoms with Gasteiger partial charge >= 0.3 is 0 Å². The Morgan fingerprint density at radius 1 is 0.878 bits per heavy atom. The van der Waals surface area contributed by atoms with E-state index in [1.54, 1.807) is 30.5 Å². The zero-order chi connectivity index (χ0) is 27.7. The van der Waals surface area contributed by atoms with Crippen molar-refractivity contribution in [3.8, 4) is 6.07 Å². The number of para-hydroxylation sites is 3. The van der Waals surface area contributed by atoms with Gasteiger partial charge in [0, 0.05) is 12.1 Å². The van der Waals surface area contributed by atoms with Crippen molar-refractivity contribution in [2.24, 2.45) is 16.9 Å². The van der Waals surface area contributed by atoms with Crippen LogP contribution in [0.15, 0.2) is 102 Å². The van der Waals surface area contributed by atoms with E-state index in [0.717, 1.165) is 33.3 Å². The molecule has 4 aliphatic rings. The second-order valence-corrected chi connectivity index (χ2v) is 10.6. The summed E-state index contributed by atoms with van der Waals surface area (Å²) in [6.07, 6.45) is 1.77. The molecule has 4 aromatic carbocycles. The molecule has 9 rings (SSSR count). The standard InChI is InChI=1S/C33H22N6O2/c34-17-19-9-1-8-16-26(19)39-30(40)28-27-20-10-2-4-12-22(20)33(29(28)31(39)41,23-13-5-3-11-21(23)27)18-35-38-32-36-24-14-6-7-15-25(24)37-32/h1-16,18,27-29H,(H2,36,37,38)/b35-18-/t27?,28-,29-,33?/m1/s1. The number of amides is 2. The highest BCUT2D eigenvalue weighted by atomic mass is 16.2. The molecule has 0 radical (unpaired) electrons. The summed E-state index contributed by atoms with van der Waals surface area (Å²) in [5.74, 6) is -1.82. The number of rotatable bonds is 4. The average Bonchev–Trinajstić information content (AvgIpc) is 3.55. The molecule has 0 unspecified atom stereocenters. The number of hydrogen-bond donors (Lipinski definition) is 2. The number of carbonyl (C=O) groups excluding carboxylic acids is 2. The molecule has 8 heteroatoms. The van der Waals surface area contributed by atoms with Crippen LogP contribution in [0, 0.1) is 23.2 Å². The molecule has 3 aliphatic carbocycles. The van der Waals surface area contributed by atoms with E-state index in [9.17, 15) is 14.9 Å². The SMILES string of the molecule is N#Cc1ccccc1N1C(=O)[C@@H]2C3c4ccccc4C(/C=N\Nc4nc5ccccc5[nH]4)(c4ccccc43)[C@H]2C1=O. The highest BCUT2D eigenvalue weighted by molar-refractivity contribution is 6.25. The molecule has 1 saturated heterocycles. The van der Waals surface area contributed by atoms with Crippen LogP contribution in [0.2, 0.25) is 0 Å². The molecule has 2 amide bonds. The van der Waals surface area contributed by atoms with Gasteiger partial charge in [0.1, 0.15) is 6.07 Å². The van der Waals surface area contributed by atoms with Crippen molar-refractivity contribution in [1.29, 1.82) is 5.26 Å². The number of nitriles is 1. The number of nitrogens with zero attached hydrogens (tertiary/aromatic N) is 4. The maximum Gasteiger partial charge on any atom is 0.239 e. The van der Waals surface area contributed by atoms with Gasteiger partial charge in [-0.3, -0.25) is 9.59 Å². The zero-order valence-corrected chi connectivity index (χ0v) is 21.7. The molecule has 1 aromatic heterocycles. The summed E-state index contributed by atoms with van der Waals surface area (Å²) in [5.41, 5.74) is 8.24. The summed E-state index contributed by atoms with van der Waals surface area (Å²) < 4.78 is 0. The van der Waals surface area contributed by atoms with Gasteiger partial charge in [0.15, 0.2) is 0 Å². The lowest BCUT2D eigenvalue weighted by Gasteiger charge is -2.52. The Morgan fingerprint density at radius 2 is 1.54 bits per heavy atom. The number of carbonyl (C=O) groups is 2. The largest absolute Gasteiger partial charge is 0.323 e. The number of imide groups is 1. The summed E-state index contributed by atoms with van der Waals surface area (Å²) in [6, 6.07) is 32.6. The molecule has 0 spiro atoms. The summed E-state index contributed by atoms with van der Waals surface area (Å²) in [4.78, 5) is 37.8. The fourth-order valence-corrected chi connectivity index (χ4v) is 7.25. The van der Waals surface area contributed by atoms with Crippen LogP contribution in [-0.4, -0.2) is 28.0 Å². The predicted octanol–water partition coefficient (Wildman–Crippen LogP) is 5.08. The van der Waals surface area contributed by atoms with Crippen LogP contribution < -0.4 is 10.3 Å². The van der Waals surface area contributed by atoms with Crippen molar-refractivity contribution in [2.75, 3.05) is 10.3 Å². The van der Waals surface area contributed by atoms with E-state index < -0.39 is 17.3 Å². The van der Waals surface area contributed by atoms with Crippen LogP contribution in [-0.2, 0) is 15.0 Å². The minimum Gasteiger partial charge on any atom is -0.323 e. The number of H-pyrrole nitrogens is 1. The zero-order valence-electron chi connectivity index (χ0n) is 21.7. The van der Waals surface area contributed by atoms with Gasteiger partial charge in [-0.05, 0) is 46.5 Å². The van der Waals surface area contributed by atoms with Crippen molar-refractivity contribution in [2.45, 2.75) is 11.3 Å². The van der Waals surface area contributed by atoms with Crippen LogP contribution >= 0.6 is 0 Å². The lowest BCUT2D eigenvalue weighted by molar-refractivity contribution is -0.122. The quantitative estimate of drug-likeness (QED) is 0.190. The van der Waals surface area contributed by atoms with Gasteiger partial charge < -0.3 is 4.98 Å². The smallest absolute Gasteiger partial charge is 0.239 e. The topological polar surface area (TPSA) is 114 Å². The third-order valence-corrected chi connectivity index (χ3v) is 8.78. The first-order valence-electron chi connectivity index (χ1n) is 13.4. The van der Waals surface area contributed by atoms with Crippen molar-refractivity contribution in [3.63, 3.8) is 0 Å². The molecule has 5 aromatic rings. The van der Waals surface area contributed by atoms with Gasteiger partial charge in [-0.1, -0.05) is 72.8 Å². The number of aromatic nitrogens is 2. The second kappa shape index (κ2) is 8.47. The average molecular weight is 535 g/mol. The maximum atomic E-state index is 14.5. The molecule has 1 fully saturated rings. The summed E-state index contributed by atoms with van der Waals surface area (Å²) >= 11 is 0. The monoisotopic (exact) mass is 534 g/mol. The molecule has 41 heavy (non-hydrogen) atoms. The van der Waals surface area contributed by atoms with Crippen molar-refractivity contribution in [3.05, 3.63) is 125 Å². The number of anilines is 2. The summed E-state index contributed by atoms with van der Waals surface area (Å²) in [5, 5.41) is 14.5. The minimum atomic E-state index is -1.02. The van der Waals surface area contributed by atoms with Crippen molar-refractivity contribution >= 4 is 40.7 Å². The van der Waals surface area contributed by atoms with Crippen LogP contribution in [0.25, 0.3) is 11.0 Å². The fourth-order valence-electron chi connectivity index (χ4n) is 7.25. The second-order valence-electron chi connectivity index (χ2n) is 10.6. The fraction of sp³-hybridized carbons (Fsp3) is 0.121. The summed E-state index contributed by atoms with van der Waals surface area (Å²) in [7, 11) is 0. The lowest BCUT2D eigenvalue weighted by Crippen LogP contribution is -2.54. The van der Waals surface area contributed by atoms with Crippen LogP contribution in [0.1, 0.15) is 33.7 Å². The predicted molar refractivity (Wildman–Crippen MR) is 154 cm³/mol. The highest BCUT2D eigenvalue weighted by Gasteiger charge is 2.68. The van der Waals surface area contributed by atoms with Gasteiger partial charge in [-0.25, -0.2) is 15.3 Å². The van der Waals surface area contributed by atoms with E-state index in [-0.39, 0.29) is 23.3 Å². The van der Waals surface area contributed by atoms with Gasteiger partial charge in [0.25, 0.3) is 0 Å². The molecular weight excluding hydrogens is 512 g/mol. The first kappa shape index (κ1) is 23.3.